The van der Waals surface area contributed by atoms with Gasteiger partial charge < -0.3 is 9.88 Å². The van der Waals surface area contributed by atoms with E-state index in [1.54, 1.807) is 5.69 Å². The van der Waals surface area contributed by atoms with Crippen molar-refractivity contribution in [1.29, 1.82) is 0 Å². The molecule has 17 heavy (non-hydrogen) atoms. The van der Waals surface area contributed by atoms with Gasteiger partial charge in [-0.3, -0.25) is 0 Å². The van der Waals surface area contributed by atoms with Crippen LogP contribution in [0.2, 0.25) is 0 Å². The molecular weight excluding hydrogens is 210 g/mol. The van der Waals surface area contributed by atoms with Crippen molar-refractivity contribution < 1.29 is 0 Å². The van der Waals surface area contributed by atoms with Crippen molar-refractivity contribution in [1.82, 2.24) is 14.9 Å². The zero-order chi connectivity index (χ0) is 11.5. The van der Waals surface area contributed by atoms with E-state index in [0.717, 1.165) is 19.0 Å². The molecule has 0 radical (unpaired) electrons. The van der Waals surface area contributed by atoms with E-state index in [4.69, 9.17) is 4.98 Å². The molecule has 1 aromatic rings. The fraction of sp³-hybridized carbons (Fsp3) is 0.786. The van der Waals surface area contributed by atoms with Crippen LogP contribution in [0.5, 0.6) is 0 Å². The van der Waals surface area contributed by atoms with Crippen LogP contribution in [0.1, 0.15) is 62.2 Å². The van der Waals surface area contributed by atoms with E-state index in [0.29, 0.717) is 5.54 Å². The second-order valence-corrected chi connectivity index (χ2v) is 6.25. The van der Waals surface area contributed by atoms with Crippen LogP contribution in [0.3, 0.4) is 0 Å². The van der Waals surface area contributed by atoms with Crippen molar-refractivity contribution in [2.24, 2.45) is 0 Å². The Labute approximate surface area is 103 Å². The maximum Gasteiger partial charge on any atom is 0.112 e. The zero-order valence-electron chi connectivity index (χ0n) is 10.6. The Kier molecular flexibility index (Phi) is 1.99. The summed E-state index contributed by atoms with van der Waals surface area (Å²) in [5, 5.41) is 3.45. The van der Waals surface area contributed by atoms with Crippen molar-refractivity contribution >= 4 is 0 Å². The molecule has 0 spiro atoms. The SMILES string of the molecule is CC1(n2c(C3CC3)nc3c2CCNC3)CCC1. The molecule has 2 heterocycles. The van der Waals surface area contributed by atoms with Crippen molar-refractivity contribution in [2.75, 3.05) is 6.54 Å². The summed E-state index contributed by atoms with van der Waals surface area (Å²) in [7, 11) is 0. The van der Waals surface area contributed by atoms with Crippen LogP contribution in [0.25, 0.3) is 0 Å². The third-order valence-corrected chi connectivity index (χ3v) is 4.83. The fourth-order valence-corrected chi connectivity index (χ4v) is 3.46. The summed E-state index contributed by atoms with van der Waals surface area (Å²) >= 11 is 0. The number of rotatable bonds is 2. The highest BCUT2D eigenvalue weighted by Gasteiger charge is 2.41. The lowest BCUT2D eigenvalue weighted by Gasteiger charge is -2.42. The van der Waals surface area contributed by atoms with Crippen molar-refractivity contribution in [2.45, 2.75) is 63.5 Å². The van der Waals surface area contributed by atoms with Crippen LogP contribution in [0.4, 0.5) is 0 Å². The number of hydrogen-bond acceptors (Lipinski definition) is 2. The minimum atomic E-state index is 0.399. The first-order valence-electron chi connectivity index (χ1n) is 7.09. The van der Waals surface area contributed by atoms with Gasteiger partial charge in [-0.2, -0.15) is 0 Å². The molecule has 0 saturated heterocycles. The minimum Gasteiger partial charge on any atom is -0.326 e. The molecule has 0 atom stereocenters. The Hall–Kier alpha value is -0.830. The van der Waals surface area contributed by atoms with Gasteiger partial charge in [-0.15, -0.1) is 0 Å². The smallest absolute Gasteiger partial charge is 0.112 e. The number of imidazole rings is 1. The molecule has 3 aliphatic rings. The average molecular weight is 231 g/mol. The fourth-order valence-electron chi connectivity index (χ4n) is 3.46. The third-order valence-electron chi connectivity index (χ3n) is 4.83. The molecule has 0 aromatic carbocycles. The topological polar surface area (TPSA) is 29.9 Å². The predicted molar refractivity (Wildman–Crippen MR) is 67.1 cm³/mol. The summed E-state index contributed by atoms with van der Waals surface area (Å²) < 4.78 is 2.66. The molecule has 92 valence electrons. The van der Waals surface area contributed by atoms with E-state index < -0.39 is 0 Å². The molecule has 0 bridgehead atoms. The molecule has 3 heteroatoms. The Balaban J connectivity index is 1.86. The highest BCUT2D eigenvalue weighted by Crippen LogP contribution is 2.47. The molecule has 2 aliphatic carbocycles. The van der Waals surface area contributed by atoms with Gasteiger partial charge >= 0.3 is 0 Å². The lowest BCUT2D eigenvalue weighted by molar-refractivity contribution is 0.158. The van der Waals surface area contributed by atoms with Crippen LogP contribution in [0, 0.1) is 0 Å². The van der Waals surface area contributed by atoms with Crippen LogP contribution in [-0.2, 0) is 18.5 Å². The van der Waals surface area contributed by atoms with Crippen molar-refractivity contribution in [3.8, 4) is 0 Å². The van der Waals surface area contributed by atoms with E-state index in [-0.39, 0.29) is 0 Å². The molecule has 1 aliphatic heterocycles. The van der Waals surface area contributed by atoms with Gasteiger partial charge in [0.1, 0.15) is 5.82 Å². The van der Waals surface area contributed by atoms with Crippen LogP contribution in [-0.4, -0.2) is 16.1 Å². The molecule has 4 rings (SSSR count). The normalized spacial score (nSPS) is 26.4. The van der Waals surface area contributed by atoms with E-state index in [9.17, 15) is 0 Å². The number of nitrogens with zero attached hydrogens (tertiary/aromatic N) is 2. The van der Waals surface area contributed by atoms with Gasteiger partial charge in [0.25, 0.3) is 0 Å². The molecular formula is C14H21N3. The maximum atomic E-state index is 4.96. The summed E-state index contributed by atoms with van der Waals surface area (Å²) in [6, 6.07) is 0. The molecule has 2 fully saturated rings. The first-order chi connectivity index (χ1) is 8.28. The highest BCUT2D eigenvalue weighted by atomic mass is 15.2. The summed E-state index contributed by atoms with van der Waals surface area (Å²) in [6.45, 7) is 4.55. The molecule has 0 unspecified atom stereocenters. The number of fused-ring (bicyclic) bond motifs is 1. The van der Waals surface area contributed by atoms with Gasteiger partial charge in [0.2, 0.25) is 0 Å². The van der Waals surface area contributed by atoms with E-state index >= 15 is 0 Å². The minimum absolute atomic E-state index is 0.399. The largest absolute Gasteiger partial charge is 0.326 e. The molecule has 1 aromatic heterocycles. The van der Waals surface area contributed by atoms with Crippen molar-refractivity contribution in [3.63, 3.8) is 0 Å². The first kappa shape index (κ1) is 10.1. The lowest BCUT2D eigenvalue weighted by Crippen LogP contribution is -2.40. The van der Waals surface area contributed by atoms with Crippen LogP contribution >= 0.6 is 0 Å². The third kappa shape index (κ3) is 1.41. The Morgan fingerprint density at radius 3 is 2.82 bits per heavy atom. The van der Waals surface area contributed by atoms with Gasteiger partial charge in [-0.05, 0) is 39.0 Å². The molecule has 0 amide bonds. The molecule has 2 saturated carbocycles. The first-order valence-corrected chi connectivity index (χ1v) is 7.09. The Morgan fingerprint density at radius 1 is 1.35 bits per heavy atom. The zero-order valence-corrected chi connectivity index (χ0v) is 10.6. The second-order valence-electron chi connectivity index (χ2n) is 6.25. The average Bonchev–Trinajstić information content (AvgIpc) is 3.07. The number of nitrogens with one attached hydrogen (secondary N) is 1. The van der Waals surface area contributed by atoms with Gasteiger partial charge in [-0.1, -0.05) is 0 Å². The van der Waals surface area contributed by atoms with Gasteiger partial charge in [0, 0.05) is 36.7 Å². The maximum absolute atomic E-state index is 4.96. The summed E-state index contributed by atoms with van der Waals surface area (Å²) in [4.78, 5) is 4.96. The molecule has 1 N–H and O–H groups in total. The van der Waals surface area contributed by atoms with Crippen LogP contribution in [0.15, 0.2) is 0 Å². The summed E-state index contributed by atoms with van der Waals surface area (Å²) in [6.07, 6.45) is 7.99. The summed E-state index contributed by atoms with van der Waals surface area (Å²) in [5.41, 5.74) is 3.29. The van der Waals surface area contributed by atoms with Gasteiger partial charge in [-0.25, -0.2) is 4.98 Å². The van der Waals surface area contributed by atoms with Gasteiger partial charge in [0.15, 0.2) is 0 Å². The van der Waals surface area contributed by atoms with E-state index in [2.05, 4.69) is 16.8 Å². The Morgan fingerprint density at radius 2 is 2.18 bits per heavy atom. The van der Waals surface area contributed by atoms with Crippen LogP contribution < -0.4 is 5.32 Å². The quantitative estimate of drug-likeness (QED) is 0.846. The monoisotopic (exact) mass is 231 g/mol. The van der Waals surface area contributed by atoms with Gasteiger partial charge in [0.05, 0.1) is 5.69 Å². The second kappa shape index (κ2) is 3.35. The summed E-state index contributed by atoms with van der Waals surface area (Å²) in [5.74, 6) is 2.19. The molecule has 3 nitrogen and oxygen atoms in total. The Bertz CT molecular complexity index is 452. The lowest BCUT2D eigenvalue weighted by atomic mass is 9.77. The highest BCUT2D eigenvalue weighted by molar-refractivity contribution is 5.27. The van der Waals surface area contributed by atoms with E-state index in [1.165, 1.54) is 50.0 Å². The number of aromatic nitrogens is 2. The number of hydrogen-bond donors (Lipinski definition) is 1. The van der Waals surface area contributed by atoms with E-state index in [1.807, 2.05) is 0 Å². The standard InChI is InChI=1S/C14H21N3/c1-14(6-2-7-14)17-12-5-8-15-9-11(12)16-13(17)10-3-4-10/h10,15H,2-9H2,1H3. The predicted octanol–water partition coefficient (Wildman–Crippen LogP) is 2.31. The van der Waals surface area contributed by atoms with Crippen molar-refractivity contribution in [3.05, 3.63) is 17.2 Å².